The highest BCUT2D eigenvalue weighted by Gasteiger charge is 2.44. The normalized spacial score (nSPS) is 27.4. The fraction of sp³-hybridized carbons (Fsp3) is 0.552. The van der Waals surface area contributed by atoms with Crippen molar-refractivity contribution < 1.29 is 14.9 Å². The molecule has 0 unspecified atom stereocenters. The fourth-order valence-electron chi connectivity index (χ4n) is 6.01. The first-order valence-corrected chi connectivity index (χ1v) is 14.0. The maximum Gasteiger partial charge on any atom is 0.164 e. The Kier molecular flexibility index (Phi) is 6.83. The molecule has 10 nitrogen and oxygen atoms in total. The van der Waals surface area contributed by atoms with E-state index in [0.29, 0.717) is 35.2 Å². The lowest BCUT2D eigenvalue weighted by Gasteiger charge is -2.35. The number of nitrogens with two attached hydrogens (primary N) is 1. The number of aryl methyl sites for hydroxylation is 1. The van der Waals surface area contributed by atoms with Gasteiger partial charge in [-0.25, -0.2) is 15.0 Å². The van der Waals surface area contributed by atoms with E-state index in [1.54, 1.807) is 16.8 Å². The van der Waals surface area contributed by atoms with Crippen LogP contribution in [-0.2, 0) is 16.6 Å². The number of fused-ring (bicyclic) bond motifs is 2. The summed E-state index contributed by atoms with van der Waals surface area (Å²) in [5.41, 5.74) is 10.1. The minimum atomic E-state index is -1.06. The standard InChI is InChI=1S/C29H39N7O3/c1-29(2,3)18-5-6-20-21(12-18)35-23(34-20)7-4-16-10-17(11-16)13-31-14-22-24(37)25(38)28(39-22)36-9-8-19-26(30)32-15-33-27(19)36/h5-6,8-9,12,15-17,22,24-25,28,31,37-38H,4,7,10-11,13-14H2,1-3H3,(H,34,35)(H2,30,32,33)/t16-,17-,22-,24-,25-,28-/m1/s1. The van der Waals surface area contributed by atoms with Crippen LogP contribution in [0.15, 0.2) is 36.8 Å². The lowest BCUT2D eigenvalue weighted by Crippen LogP contribution is -2.41. The third-order valence-corrected chi connectivity index (χ3v) is 8.45. The number of nitrogen functional groups attached to an aromatic ring is 1. The van der Waals surface area contributed by atoms with Crippen molar-refractivity contribution in [2.45, 2.75) is 76.4 Å². The van der Waals surface area contributed by atoms with Crippen LogP contribution in [0.5, 0.6) is 0 Å². The molecule has 4 atom stereocenters. The lowest BCUT2D eigenvalue weighted by atomic mass is 9.72. The van der Waals surface area contributed by atoms with E-state index in [9.17, 15) is 10.2 Å². The van der Waals surface area contributed by atoms with E-state index in [0.717, 1.165) is 36.2 Å². The zero-order valence-electron chi connectivity index (χ0n) is 22.8. The number of ether oxygens (including phenoxy) is 1. The number of benzene rings is 1. The Balaban J connectivity index is 0.948. The van der Waals surface area contributed by atoms with Crippen LogP contribution in [0.3, 0.4) is 0 Å². The number of aliphatic hydroxyl groups is 2. The highest BCUT2D eigenvalue weighted by molar-refractivity contribution is 5.86. The Hall–Kier alpha value is -3.05. The summed E-state index contributed by atoms with van der Waals surface area (Å²) in [6.45, 7) is 8.03. The lowest BCUT2D eigenvalue weighted by molar-refractivity contribution is -0.0343. The minimum absolute atomic E-state index is 0.119. The maximum absolute atomic E-state index is 10.7. The van der Waals surface area contributed by atoms with Gasteiger partial charge in [-0.3, -0.25) is 0 Å². The van der Waals surface area contributed by atoms with E-state index in [-0.39, 0.29) is 5.41 Å². The van der Waals surface area contributed by atoms with Crippen molar-refractivity contribution in [3.05, 3.63) is 48.2 Å². The molecule has 1 aliphatic carbocycles. The van der Waals surface area contributed by atoms with Gasteiger partial charge in [0, 0.05) is 19.2 Å². The van der Waals surface area contributed by atoms with Crippen LogP contribution in [-0.4, -0.2) is 66.1 Å². The van der Waals surface area contributed by atoms with Crippen LogP contribution in [0.2, 0.25) is 0 Å². The summed E-state index contributed by atoms with van der Waals surface area (Å²) in [5, 5.41) is 25.4. The molecule has 4 heterocycles. The van der Waals surface area contributed by atoms with E-state index < -0.39 is 24.5 Å². The number of aliphatic hydroxyl groups excluding tert-OH is 2. The predicted molar refractivity (Wildman–Crippen MR) is 150 cm³/mol. The van der Waals surface area contributed by atoms with Gasteiger partial charge in [0.15, 0.2) is 6.23 Å². The molecule has 0 spiro atoms. The first-order valence-electron chi connectivity index (χ1n) is 14.0. The molecule has 1 saturated carbocycles. The molecular formula is C29H39N7O3. The van der Waals surface area contributed by atoms with Gasteiger partial charge in [0.05, 0.1) is 16.4 Å². The Morgan fingerprint density at radius 2 is 1.92 bits per heavy atom. The van der Waals surface area contributed by atoms with Crippen molar-refractivity contribution in [2.24, 2.45) is 11.8 Å². The molecule has 6 rings (SSSR count). The van der Waals surface area contributed by atoms with Crippen molar-refractivity contribution in [3.63, 3.8) is 0 Å². The topological polar surface area (TPSA) is 147 Å². The fourth-order valence-corrected chi connectivity index (χ4v) is 6.01. The molecule has 2 fully saturated rings. The SMILES string of the molecule is CC(C)(C)c1ccc2[nH]c(CC[C@H]3C[C@H](CNC[C@H]4O[C@@H](n5ccc6c(N)ncnc65)[C@H](O)[C@@H]4O)C3)nc2c1. The van der Waals surface area contributed by atoms with Crippen LogP contribution in [0, 0.1) is 11.8 Å². The van der Waals surface area contributed by atoms with Gasteiger partial charge in [0.2, 0.25) is 0 Å². The monoisotopic (exact) mass is 533 g/mol. The molecule has 4 aromatic rings. The summed E-state index contributed by atoms with van der Waals surface area (Å²) < 4.78 is 7.77. The Morgan fingerprint density at radius 3 is 2.72 bits per heavy atom. The number of anilines is 1. The second-order valence-electron chi connectivity index (χ2n) is 12.3. The van der Waals surface area contributed by atoms with Crippen LogP contribution in [0.25, 0.3) is 22.1 Å². The molecule has 1 saturated heterocycles. The van der Waals surface area contributed by atoms with Crippen LogP contribution < -0.4 is 11.1 Å². The highest BCUT2D eigenvalue weighted by Crippen LogP contribution is 2.37. The third-order valence-electron chi connectivity index (χ3n) is 8.45. The van der Waals surface area contributed by atoms with Gasteiger partial charge in [-0.15, -0.1) is 0 Å². The van der Waals surface area contributed by atoms with Crippen LogP contribution in [0.4, 0.5) is 5.82 Å². The number of imidazole rings is 1. The molecule has 208 valence electrons. The van der Waals surface area contributed by atoms with E-state index in [1.807, 2.05) is 0 Å². The third kappa shape index (κ3) is 5.14. The second-order valence-corrected chi connectivity index (χ2v) is 12.3. The molecule has 10 heteroatoms. The van der Waals surface area contributed by atoms with Gasteiger partial charge < -0.3 is 35.6 Å². The molecule has 1 aliphatic heterocycles. The largest absolute Gasteiger partial charge is 0.387 e. The molecule has 0 bridgehead atoms. The molecular weight excluding hydrogens is 494 g/mol. The number of aromatic nitrogens is 5. The number of aromatic amines is 1. The van der Waals surface area contributed by atoms with Gasteiger partial charge in [0.25, 0.3) is 0 Å². The van der Waals surface area contributed by atoms with E-state index in [1.165, 1.54) is 24.7 Å². The molecule has 0 radical (unpaired) electrons. The van der Waals surface area contributed by atoms with Crippen LogP contribution >= 0.6 is 0 Å². The van der Waals surface area contributed by atoms with E-state index in [4.69, 9.17) is 15.5 Å². The summed E-state index contributed by atoms with van der Waals surface area (Å²) in [4.78, 5) is 16.6. The summed E-state index contributed by atoms with van der Waals surface area (Å²) >= 11 is 0. The number of H-pyrrole nitrogens is 1. The summed E-state index contributed by atoms with van der Waals surface area (Å²) in [6, 6.07) is 8.34. The smallest absolute Gasteiger partial charge is 0.164 e. The molecule has 1 aromatic carbocycles. The number of nitrogens with one attached hydrogen (secondary N) is 2. The number of hydrogen-bond acceptors (Lipinski definition) is 8. The van der Waals surface area contributed by atoms with Crippen molar-refractivity contribution in [3.8, 4) is 0 Å². The van der Waals surface area contributed by atoms with Gasteiger partial charge >= 0.3 is 0 Å². The molecule has 2 aliphatic rings. The second kappa shape index (κ2) is 10.2. The number of rotatable bonds is 8. The molecule has 0 amide bonds. The Labute approximate surface area is 228 Å². The first kappa shape index (κ1) is 26.2. The van der Waals surface area contributed by atoms with Gasteiger partial charge in [-0.2, -0.15) is 0 Å². The van der Waals surface area contributed by atoms with Gasteiger partial charge in [0.1, 0.15) is 41.9 Å². The average Bonchev–Trinajstić information content (AvgIpc) is 3.56. The maximum atomic E-state index is 10.7. The Morgan fingerprint density at radius 1 is 1.10 bits per heavy atom. The number of hydrogen-bond donors (Lipinski definition) is 5. The minimum Gasteiger partial charge on any atom is -0.387 e. The van der Waals surface area contributed by atoms with Crippen molar-refractivity contribution in [1.29, 1.82) is 0 Å². The number of nitrogens with zero attached hydrogens (tertiary/aromatic N) is 4. The van der Waals surface area contributed by atoms with Gasteiger partial charge in [-0.05, 0) is 66.8 Å². The molecule has 3 aromatic heterocycles. The van der Waals surface area contributed by atoms with Crippen molar-refractivity contribution >= 4 is 27.9 Å². The predicted octanol–water partition coefficient (Wildman–Crippen LogP) is 3.06. The first-order chi connectivity index (χ1) is 18.7. The molecule has 39 heavy (non-hydrogen) atoms. The summed E-state index contributed by atoms with van der Waals surface area (Å²) in [7, 11) is 0. The van der Waals surface area contributed by atoms with Gasteiger partial charge in [-0.1, -0.05) is 26.8 Å². The Bertz CT molecular complexity index is 1450. The molecule has 6 N–H and O–H groups in total. The highest BCUT2D eigenvalue weighted by atomic mass is 16.6. The van der Waals surface area contributed by atoms with E-state index in [2.05, 4.69) is 59.2 Å². The van der Waals surface area contributed by atoms with Crippen molar-refractivity contribution in [2.75, 3.05) is 18.8 Å². The summed E-state index contributed by atoms with van der Waals surface area (Å²) in [6.07, 6.45) is 4.34. The zero-order chi connectivity index (χ0) is 27.3. The van der Waals surface area contributed by atoms with Crippen molar-refractivity contribution in [1.82, 2.24) is 29.8 Å². The average molecular weight is 534 g/mol. The van der Waals surface area contributed by atoms with Crippen LogP contribution in [0.1, 0.15) is 57.6 Å². The van der Waals surface area contributed by atoms with E-state index >= 15 is 0 Å². The quantitative estimate of drug-likeness (QED) is 0.232. The summed E-state index contributed by atoms with van der Waals surface area (Å²) in [5.74, 6) is 2.78. The zero-order valence-corrected chi connectivity index (χ0v) is 22.8.